The third kappa shape index (κ3) is 1.87. The molecule has 0 saturated carbocycles. The fraction of sp³-hybridized carbons (Fsp3) is 0.600. The molecule has 1 aromatic heterocycles. The Morgan fingerprint density at radius 2 is 2.25 bits per heavy atom. The molecule has 1 aliphatic rings. The van der Waals surface area contributed by atoms with E-state index >= 15 is 0 Å². The molecule has 1 N–H and O–H groups in total. The van der Waals surface area contributed by atoms with Gasteiger partial charge in [-0.3, -0.25) is 0 Å². The van der Waals surface area contributed by atoms with Crippen molar-refractivity contribution in [2.24, 2.45) is 0 Å². The van der Waals surface area contributed by atoms with Gasteiger partial charge in [-0.25, -0.2) is 9.97 Å². The lowest BCUT2D eigenvalue weighted by Crippen LogP contribution is -2.64. The molecule has 0 bridgehead atoms. The Morgan fingerprint density at radius 1 is 1.44 bits per heavy atom. The van der Waals surface area contributed by atoms with Crippen LogP contribution in [0.4, 0.5) is 5.82 Å². The van der Waals surface area contributed by atoms with Gasteiger partial charge in [-0.05, 0) is 6.07 Å². The Balaban J connectivity index is 2.29. The van der Waals surface area contributed by atoms with E-state index in [4.69, 9.17) is 9.47 Å². The summed E-state index contributed by atoms with van der Waals surface area (Å²) in [6, 6.07) is 1.85. The van der Waals surface area contributed by atoms with E-state index in [1.807, 2.05) is 11.0 Å². The van der Waals surface area contributed by atoms with Gasteiger partial charge in [0.25, 0.3) is 5.91 Å². The third-order valence-electron chi connectivity index (χ3n) is 2.75. The van der Waals surface area contributed by atoms with Crippen LogP contribution in [0.2, 0.25) is 0 Å². The van der Waals surface area contributed by atoms with Crippen LogP contribution in [0.5, 0.6) is 0 Å². The van der Waals surface area contributed by atoms with E-state index in [-0.39, 0.29) is 0 Å². The Kier molecular flexibility index (Phi) is 3.33. The molecule has 0 radical (unpaired) electrons. The topological polar surface area (TPSA) is 59.5 Å². The molecule has 1 aliphatic heterocycles. The molecule has 1 aromatic rings. The zero-order valence-electron chi connectivity index (χ0n) is 9.51. The first-order valence-electron chi connectivity index (χ1n) is 5.17. The maximum absolute atomic E-state index is 5.48. The van der Waals surface area contributed by atoms with Gasteiger partial charge in [0.05, 0.1) is 6.54 Å². The second-order valence-electron chi connectivity index (χ2n) is 3.52. The average Bonchev–Trinajstić information content (AvgIpc) is 2.39. The van der Waals surface area contributed by atoms with Crippen molar-refractivity contribution in [2.75, 3.05) is 38.8 Å². The molecule has 0 amide bonds. The van der Waals surface area contributed by atoms with Crippen LogP contribution in [0.15, 0.2) is 18.6 Å². The normalized spacial score (nSPS) is 19.8. The summed E-state index contributed by atoms with van der Waals surface area (Å²) in [5.74, 6) is 0.0206. The van der Waals surface area contributed by atoms with Crippen molar-refractivity contribution in [3.05, 3.63) is 18.6 Å². The van der Waals surface area contributed by atoms with Gasteiger partial charge in [-0.1, -0.05) is 0 Å². The second kappa shape index (κ2) is 4.73. The van der Waals surface area contributed by atoms with E-state index < -0.39 is 5.91 Å². The highest BCUT2D eigenvalue weighted by molar-refractivity contribution is 5.39. The maximum Gasteiger partial charge on any atom is 0.265 e. The molecule has 6 nitrogen and oxygen atoms in total. The van der Waals surface area contributed by atoms with E-state index in [0.29, 0.717) is 6.54 Å². The zero-order chi connectivity index (χ0) is 11.4. The number of nitrogens with one attached hydrogen (secondary N) is 1. The molecule has 0 unspecified atom stereocenters. The van der Waals surface area contributed by atoms with Gasteiger partial charge in [0.1, 0.15) is 12.1 Å². The Hall–Kier alpha value is -1.24. The summed E-state index contributed by atoms with van der Waals surface area (Å²) in [4.78, 5) is 10.1. The minimum absolute atomic E-state index is 0.601. The van der Waals surface area contributed by atoms with Gasteiger partial charge < -0.3 is 19.7 Å². The third-order valence-corrected chi connectivity index (χ3v) is 2.75. The van der Waals surface area contributed by atoms with E-state index in [9.17, 15) is 0 Å². The van der Waals surface area contributed by atoms with Crippen LogP contribution in [0.3, 0.4) is 0 Å². The van der Waals surface area contributed by atoms with Crippen LogP contribution in [-0.2, 0) is 9.47 Å². The molecule has 2 heterocycles. The summed E-state index contributed by atoms with van der Waals surface area (Å²) < 4.78 is 11.0. The number of piperazine rings is 1. The number of ether oxygens (including phenoxy) is 2. The first-order valence-corrected chi connectivity index (χ1v) is 5.17. The lowest BCUT2D eigenvalue weighted by molar-refractivity contribution is -0.208. The standard InChI is InChI=1S/C10H16N4O2/c1-15-10(16-2)7-11-5-6-14(10)9-3-4-12-8-13-9/h3-4,8,11H,5-7H2,1-2H3. The summed E-state index contributed by atoms with van der Waals surface area (Å²) in [6.45, 7) is 2.25. The first kappa shape index (κ1) is 11.3. The van der Waals surface area contributed by atoms with Crippen LogP contribution < -0.4 is 10.2 Å². The molecule has 6 heteroatoms. The second-order valence-corrected chi connectivity index (χ2v) is 3.52. The quantitative estimate of drug-likeness (QED) is 0.719. The van der Waals surface area contributed by atoms with Gasteiger partial charge in [0, 0.05) is 33.5 Å². The summed E-state index contributed by atoms with van der Waals surface area (Å²) >= 11 is 0. The largest absolute Gasteiger partial charge is 0.335 e. The number of nitrogens with zero attached hydrogens (tertiary/aromatic N) is 3. The van der Waals surface area contributed by atoms with Crippen LogP contribution in [0.25, 0.3) is 0 Å². The van der Waals surface area contributed by atoms with Crippen molar-refractivity contribution in [1.29, 1.82) is 0 Å². The highest BCUT2D eigenvalue weighted by Gasteiger charge is 2.40. The molecule has 0 atom stereocenters. The van der Waals surface area contributed by atoms with Crippen LogP contribution in [-0.4, -0.2) is 49.7 Å². The molecule has 0 spiro atoms. The van der Waals surface area contributed by atoms with E-state index in [1.165, 1.54) is 6.33 Å². The first-order chi connectivity index (χ1) is 7.82. The van der Waals surface area contributed by atoms with Gasteiger partial charge >= 0.3 is 0 Å². The van der Waals surface area contributed by atoms with Crippen molar-refractivity contribution in [1.82, 2.24) is 15.3 Å². The molecule has 88 valence electrons. The Morgan fingerprint density at radius 3 is 2.88 bits per heavy atom. The van der Waals surface area contributed by atoms with Crippen LogP contribution >= 0.6 is 0 Å². The zero-order valence-corrected chi connectivity index (χ0v) is 9.51. The van der Waals surface area contributed by atoms with E-state index in [0.717, 1.165) is 18.9 Å². The number of methoxy groups -OCH3 is 2. The molecule has 2 rings (SSSR count). The molecule has 16 heavy (non-hydrogen) atoms. The van der Waals surface area contributed by atoms with Gasteiger partial charge in [0.2, 0.25) is 0 Å². The molecule has 1 saturated heterocycles. The SMILES string of the molecule is COC1(OC)CNCCN1c1ccncn1. The molecule has 1 fully saturated rings. The van der Waals surface area contributed by atoms with E-state index in [2.05, 4.69) is 15.3 Å². The lowest BCUT2D eigenvalue weighted by atomic mass is 10.3. The summed E-state index contributed by atoms with van der Waals surface area (Å²) in [7, 11) is 3.26. The molecular formula is C10H16N4O2. The number of aromatic nitrogens is 2. The van der Waals surface area contributed by atoms with Crippen molar-refractivity contribution in [3.8, 4) is 0 Å². The van der Waals surface area contributed by atoms with Gasteiger partial charge in [-0.2, -0.15) is 0 Å². The predicted octanol–water partition coefficient (Wildman–Crippen LogP) is -0.167. The number of hydrogen-bond donors (Lipinski definition) is 1. The van der Waals surface area contributed by atoms with E-state index in [1.54, 1.807) is 20.4 Å². The highest BCUT2D eigenvalue weighted by atomic mass is 16.7. The predicted molar refractivity (Wildman–Crippen MR) is 59.0 cm³/mol. The smallest absolute Gasteiger partial charge is 0.265 e. The fourth-order valence-corrected chi connectivity index (χ4v) is 1.88. The summed E-state index contributed by atoms with van der Waals surface area (Å²) in [5, 5.41) is 3.24. The summed E-state index contributed by atoms with van der Waals surface area (Å²) in [5.41, 5.74) is 0. The number of hydrogen-bond acceptors (Lipinski definition) is 6. The van der Waals surface area contributed by atoms with Crippen LogP contribution in [0.1, 0.15) is 0 Å². The Labute approximate surface area is 94.6 Å². The summed E-state index contributed by atoms with van der Waals surface area (Å²) in [6.07, 6.45) is 3.23. The fourth-order valence-electron chi connectivity index (χ4n) is 1.88. The van der Waals surface area contributed by atoms with Crippen molar-refractivity contribution in [2.45, 2.75) is 5.91 Å². The monoisotopic (exact) mass is 224 g/mol. The van der Waals surface area contributed by atoms with Gasteiger partial charge in [-0.15, -0.1) is 0 Å². The molecular weight excluding hydrogens is 208 g/mol. The van der Waals surface area contributed by atoms with Crippen molar-refractivity contribution < 1.29 is 9.47 Å². The minimum atomic E-state index is -0.785. The van der Waals surface area contributed by atoms with Crippen LogP contribution in [0, 0.1) is 0 Å². The number of anilines is 1. The lowest BCUT2D eigenvalue weighted by Gasteiger charge is -2.44. The number of rotatable bonds is 3. The highest BCUT2D eigenvalue weighted by Crippen LogP contribution is 2.24. The minimum Gasteiger partial charge on any atom is -0.335 e. The average molecular weight is 224 g/mol. The molecule has 0 aliphatic carbocycles. The van der Waals surface area contributed by atoms with Gasteiger partial charge in [0.15, 0.2) is 0 Å². The van der Waals surface area contributed by atoms with Crippen molar-refractivity contribution in [3.63, 3.8) is 0 Å². The molecule has 0 aromatic carbocycles. The maximum atomic E-state index is 5.48. The van der Waals surface area contributed by atoms with Crippen molar-refractivity contribution >= 4 is 5.82 Å². The Bertz CT molecular complexity index is 329.